The minimum Gasteiger partial charge on any atom is -0.360 e. The van der Waals surface area contributed by atoms with E-state index in [1.807, 2.05) is 0 Å². The lowest BCUT2D eigenvalue weighted by Gasteiger charge is -2.05. The molecule has 0 atom stereocenters. The van der Waals surface area contributed by atoms with E-state index in [-0.39, 0.29) is 22.4 Å². The first kappa shape index (κ1) is 18.0. The molecule has 0 saturated carbocycles. The van der Waals surface area contributed by atoms with Crippen LogP contribution in [0.5, 0.6) is 0 Å². The van der Waals surface area contributed by atoms with Crippen molar-refractivity contribution in [2.45, 2.75) is 18.2 Å². The molecule has 0 bridgehead atoms. The summed E-state index contributed by atoms with van der Waals surface area (Å²) in [5.74, 6) is -0.244. The van der Waals surface area contributed by atoms with Crippen LogP contribution in [0.15, 0.2) is 22.5 Å². The number of anilines is 2. The van der Waals surface area contributed by atoms with Crippen molar-refractivity contribution in [1.29, 1.82) is 0 Å². The van der Waals surface area contributed by atoms with Crippen LogP contribution in [0, 0.1) is 11.7 Å². The lowest BCUT2D eigenvalue weighted by atomic mass is 10.2. The molecule has 1 amide bonds. The zero-order chi connectivity index (χ0) is 16.8. The number of aromatic nitrogens is 2. The molecule has 23 heavy (non-hydrogen) atoms. The van der Waals surface area contributed by atoms with Crippen LogP contribution >= 0.6 is 34.7 Å². The van der Waals surface area contributed by atoms with Gasteiger partial charge in [0.25, 0.3) is 0 Å². The molecule has 0 aliphatic heterocycles. The Morgan fingerprint density at radius 2 is 2.22 bits per heavy atom. The number of carbonyl (C=O) groups is 1. The third-order valence-electron chi connectivity index (χ3n) is 2.60. The van der Waals surface area contributed by atoms with E-state index in [2.05, 4.69) is 34.7 Å². The van der Waals surface area contributed by atoms with Crippen LogP contribution in [0.4, 0.5) is 15.2 Å². The Hall–Kier alpha value is -1.38. The highest BCUT2D eigenvalue weighted by Gasteiger charge is 2.11. The van der Waals surface area contributed by atoms with Gasteiger partial charge in [0.05, 0.1) is 11.4 Å². The Balaban J connectivity index is 1.82. The normalized spacial score (nSPS) is 10.8. The number of nitrogens with zero attached hydrogens (tertiary/aromatic N) is 2. The first-order chi connectivity index (χ1) is 10.9. The van der Waals surface area contributed by atoms with Crippen molar-refractivity contribution in [2.75, 3.05) is 22.9 Å². The van der Waals surface area contributed by atoms with Crippen LogP contribution < -0.4 is 10.6 Å². The van der Waals surface area contributed by atoms with Crippen LogP contribution in [-0.2, 0) is 4.79 Å². The molecule has 0 aliphatic rings. The average Bonchev–Trinajstić information content (AvgIpc) is 2.94. The first-order valence-electron chi connectivity index (χ1n) is 6.89. The van der Waals surface area contributed by atoms with Crippen molar-refractivity contribution >= 4 is 51.4 Å². The number of benzene rings is 1. The van der Waals surface area contributed by atoms with Gasteiger partial charge in [0.15, 0.2) is 4.34 Å². The molecule has 5 nitrogen and oxygen atoms in total. The molecule has 1 aromatic carbocycles. The van der Waals surface area contributed by atoms with Gasteiger partial charge >= 0.3 is 0 Å². The van der Waals surface area contributed by atoms with Crippen molar-refractivity contribution in [3.8, 4) is 0 Å². The van der Waals surface area contributed by atoms with Gasteiger partial charge < -0.3 is 10.6 Å². The summed E-state index contributed by atoms with van der Waals surface area (Å²) >= 11 is 8.31. The van der Waals surface area contributed by atoms with Crippen LogP contribution in [0.3, 0.4) is 0 Å². The molecule has 2 N–H and O–H groups in total. The minimum absolute atomic E-state index is 0.108. The maximum atomic E-state index is 13.6. The van der Waals surface area contributed by atoms with Gasteiger partial charge in [-0.3, -0.25) is 4.79 Å². The maximum Gasteiger partial charge on any atom is 0.234 e. The Kier molecular flexibility index (Phi) is 6.61. The second kappa shape index (κ2) is 8.47. The van der Waals surface area contributed by atoms with E-state index in [0.717, 1.165) is 17.7 Å². The van der Waals surface area contributed by atoms with E-state index in [1.165, 1.54) is 35.2 Å². The molecular weight excluding hydrogens is 359 g/mol. The minimum atomic E-state index is -0.563. The molecule has 1 heterocycles. The summed E-state index contributed by atoms with van der Waals surface area (Å²) in [6.07, 6.45) is 0. The quantitative estimate of drug-likeness (QED) is 0.713. The fourth-order valence-electron chi connectivity index (χ4n) is 1.54. The highest BCUT2D eigenvalue weighted by atomic mass is 35.5. The fourth-order valence-corrected chi connectivity index (χ4v) is 3.25. The SMILES string of the molecule is CC(C)CNc1nnc(SCC(=O)Nc2ccc(Cl)cc2F)s1. The molecule has 0 radical (unpaired) electrons. The van der Waals surface area contributed by atoms with Gasteiger partial charge in [-0.25, -0.2) is 4.39 Å². The number of carbonyl (C=O) groups excluding carboxylic acids is 1. The van der Waals surface area contributed by atoms with E-state index >= 15 is 0 Å². The van der Waals surface area contributed by atoms with Crippen molar-refractivity contribution in [1.82, 2.24) is 10.2 Å². The Morgan fingerprint density at radius 1 is 1.43 bits per heavy atom. The third kappa shape index (κ3) is 5.96. The lowest BCUT2D eigenvalue weighted by Crippen LogP contribution is -2.14. The zero-order valence-corrected chi connectivity index (χ0v) is 15.0. The summed E-state index contributed by atoms with van der Waals surface area (Å²) < 4.78 is 14.3. The topological polar surface area (TPSA) is 66.9 Å². The van der Waals surface area contributed by atoms with Gasteiger partial charge in [0.2, 0.25) is 11.0 Å². The van der Waals surface area contributed by atoms with Crippen molar-refractivity contribution in [3.05, 3.63) is 29.0 Å². The molecular formula is C14H16ClFN4OS2. The number of hydrogen-bond acceptors (Lipinski definition) is 6. The molecule has 9 heteroatoms. The third-order valence-corrected chi connectivity index (χ3v) is 4.85. The smallest absolute Gasteiger partial charge is 0.234 e. The molecule has 0 spiro atoms. The predicted octanol–water partition coefficient (Wildman–Crippen LogP) is 4.13. The van der Waals surface area contributed by atoms with Gasteiger partial charge in [0.1, 0.15) is 5.82 Å². The number of thioether (sulfide) groups is 1. The second-order valence-corrected chi connectivity index (χ2v) is 7.75. The maximum absolute atomic E-state index is 13.6. The predicted molar refractivity (Wildman–Crippen MR) is 94.0 cm³/mol. The largest absolute Gasteiger partial charge is 0.360 e. The molecule has 0 aliphatic carbocycles. The van der Waals surface area contributed by atoms with E-state index in [1.54, 1.807) is 0 Å². The zero-order valence-electron chi connectivity index (χ0n) is 12.6. The highest BCUT2D eigenvalue weighted by molar-refractivity contribution is 8.01. The molecule has 124 valence electrons. The van der Waals surface area contributed by atoms with E-state index in [0.29, 0.717) is 10.3 Å². The number of nitrogens with one attached hydrogen (secondary N) is 2. The first-order valence-corrected chi connectivity index (χ1v) is 9.07. The Bertz CT molecular complexity index is 681. The number of halogens is 2. The number of hydrogen-bond donors (Lipinski definition) is 2. The Labute approximate surface area is 147 Å². The molecule has 0 unspecified atom stereocenters. The number of amides is 1. The Morgan fingerprint density at radius 3 is 2.91 bits per heavy atom. The summed E-state index contributed by atoms with van der Waals surface area (Å²) in [6, 6.07) is 4.10. The van der Waals surface area contributed by atoms with Gasteiger partial charge in [-0.1, -0.05) is 48.5 Å². The van der Waals surface area contributed by atoms with Crippen molar-refractivity contribution in [2.24, 2.45) is 5.92 Å². The van der Waals surface area contributed by atoms with Crippen molar-refractivity contribution < 1.29 is 9.18 Å². The van der Waals surface area contributed by atoms with Gasteiger partial charge in [-0.05, 0) is 24.1 Å². The summed E-state index contributed by atoms with van der Waals surface area (Å²) in [7, 11) is 0. The van der Waals surface area contributed by atoms with E-state index in [9.17, 15) is 9.18 Å². The highest BCUT2D eigenvalue weighted by Crippen LogP contribution is 2.26. The second-order valence-electron chi connectivity index (χ2n) is 5.11. The standard InChI is InChI=1S/C14H16ClFN4OS2/c1-8(2)6-17-13-19-20-14(23-13)22-7-12(21)18-11-4-3-9(15)5-10(11)16/h3-5,8H,6-7H2,1-2H3,(H,17,19)(H,18,21). The molecule has 0 saturated heterocycles. The van der Waals surface area contributed by atoms with E-state index in [4.69, 9.17) is 11.6 Å². The van der Waals surface area contributed by atoms with Gasteiger partial charge in [0, 0.05) is 11.6 Å². The lowest BCUT2D eigenvalue weighted by molar-refractivity contribution is -0.113. The molecule has 0 fully saturated rings. The van der Waals surface area contributed by atoms with E-state index < -0.39 is 5.82 Å². The molecule has 1 aromatic heterocycles. The fraction of sp³-hybridized carbons (Fsp3) is 0.357. The summed E-state index contributed by atoms with van der Waals surface area (Å²) in [6.45, 7) is 5.02. The van der Waals surface area contributed by atoms with Crippen molar-refractivity contribution in [3.63, 3.8) is 0 Å². The van der Waals surface area contributed by atoms with Crippen LogP contribution in [-0.4, -0.2) is 28.4 Å². The summed E-state index contributed by atoms with van der Waals surface area (Å²) in [5, 5.41) is 14.7. The summed E-state index contributed by atoms with van der Waals surface area (Å²) in [5.41, 5.74) is 0.108. The van der Waals surface area contributed by atoms with Gasteiger partial charge in [-0.2, -0.15) is 0 Å². The monoisotopic (exact) mass is 374 g/mol. The van der Waals surface area contributed by atoms with Gasteiger partial charge in [-0.15, -0.1) is 10.2 Å². The summed E-state index contributed by atoms with van der Waals surface area (Å²) in [4.78, 5) is 11.9. The van der Waals surface area contributed by atoms with Crippen LogP contribution in [0.1, 0.15) is 13.8 Å². The van der Waals surface area contributed by atoms with Crippen LogP contribution in [0.2, 0.25) is 5.02 Å². The molecule has 2 aromatic rings. The number of rotatable bonds is 7. The average molecular weight is 375 g/mol. The van der Waals surface area contributed by atoms with Crippen LogP contribution in [0.25, 0.3) is 0 Å². The molecule has 2 rings (SSSR count).